The molecule has 0 amide bonds. The van der Waals surface area contributed by atoms with Gasteiger partial charge in [0.05, 0.1) is 11.5 Å². The number of hydrogen-bond donors (Lipinski definition) is 2. The van der Waals surface area contributed by atoms with E-state index in [2.05, 4.69) is 4.72 Å². The van der Waals surface area contributed by atoms with Crippen LogP contribution < -0.4 is 15.2 Å². The van der Waals surface area contributed by atoms with Crippen molar-refractivity contribution in [3.8, 4) is 5.75 Å². The summed E-state index contributed by atoms with van der Waals surface area (Å²) in [6.45, 7) is 4.57. The molecule has 0 aromatic heterocycles. The van der Waals surface area contributed by atoms with Crippen molar-refractivity contribution in [2.24, 2.45) is 5.73 Å². The van der Waals surface area contributed by atoms with Crippen molar-refractivity contribution in [2.45, 2.75) is 24.3 Å². The van der Waals surface area contributed by atoms with E-state index in [9.17, 15) is 8.42 Å². The van der Waals surface area contributed by atoms with Crippen molar-refractivity contribution in [2.75, 3.05) is 26.9 Å². The molecule has 0 saturated carbocycles. The van der Waals surface area contributed by atoms with Gasteiger partial charge in [0, 0.05) is 19.2 Å². The van der Waals surface area contributed by atoms with Crippen LogP contribution in [0.2, 0.25) is 0 Å². The van der Waals surface area contributed by atoms with Crippen molar-refractivity contribution in [3.63, 3.8) is 0 Å². The zero-order valence-electron chi connectivity index (χ0n) is 12.5. The highest BCUT2D eigenvalue weighted by molar-refractivity contribution is 7.89. The average Bonchev–Trinajstić information content (AvgIpc) is 2.37. The van der Waals surface area contributed by atoms with Gasteiger partial charge in [-0.1, -0.05) is 0 Å². The van der Waals surface area contributed by atoms with Gasteiger partial charge in [0.25, 0.3) is 0 Å². The van der Waals surface area contributed by atoms with Gasteiger partial charge in [0.15, 0.2) is 0 Å². The van der Waals surface area contributed by atoms with Crippen LogP contribution in [0.25, 0.3) is 0 Å². The van der Waals surface area contributed by atoms with Crippen molar-refractivity contribution in [1.29, 1.82) is 0 Å². The van der Waals surface area contributed by atoms with E-state index in [1.807, 2.05) is 0 Å². The maximum Gasteiger partial charge on any atom is 0.240 e. The molecule has 0 atom stereocenters. The quantitative estimate of drug-likeness (QED) is 0.694. The van der Waals surface area contributed by atoms with Gasteiger partial charge in [-0.3, -0.25) is 0 Å². The van der Waals surface area contributed by atoms with E-state index in [4.69, 9.17) is 15.2 Å². The maximum absolute atomic E-state index is 12.0. The van der Waals surface area contributed by atoms with E-state index in [1.54, 1.807) is 33.1 Å². The molecule has 0 aliphatic rings. The summed E-state index contributed by atoms with van der Waals surface area (Å²) in [4.78, 5) is 0.181. The highest BCUT2D eigenvalue weighted by Crippen LogP contribution is 2.16. The number of benzene rings is 1. The Kier molecular flexibility index (Phi) is 8.20. The zero-order chi connectivity index (χ0) is 15.2. The molecule has 122 valence electrons. The number of ether oxygens (including phenoxy) is 2. The van der Waals surface area contributed by atoms with E-state index in [1.165, 1.54) is 12.1 Å². The molecule has 0 aliphatic carbocycles. The minimum absolute atomic E-state index is 0. The van der Waals surface area contributed by atoms with Gasteiger partial charge in [-0.05, 0) is 38.1 Å². The molecule has 0 heterocycles. The molecule has 0 radical (unpaired) electrons. The number of hydrogen-bond acceptors (Lipinski definition) is 5. The molecule has 3 N–H and O–H groups in total. The highest BCUT2D eigenvalue weighted by Gasteiger charge is 2.18. The Bertz CT molecular complexity index is 512. The zero-order valence-corrected chi connectivity index (χ0v) is 14.1. The lowest BCUT2D eigenvalue weighted by Gasteiger charge is -2.19. The lowest BCUT2D eigenvalue weighted by molar-refractivity contribution is 0.146. The average molecular weight is 339 g/mol. The summed E-state index contributed by atoms with van der Waals surface area (Å²) >= 11 is 0. The van der Waals surface area contributed by atoms with E-state index in [0.717, 1.165) is 0 Å². The first kappa shape index (κ1) is 20.1. The Hall–Kier alpha value is -0.860. The molecule has 1 rings (SSSR count). The third-order valence-corrected chi connectivity index (χ3v) is 3.83. The highest BCUT2D eigenvalue weighted by atomic mass is 35.5. The van der Waals surface area contributed by atoms with Crippen LogP contribution in [-0.2, 0) is 14.8 Å². The Morgan fingerprint density at radius 3 is 2.24 bits per heavy atom. The first-order chi connectivity index (χ1) is 9.24. The van der Waals surface area contributed by atoms with Crippen LogP contribution in [0.1, 0.15) is 13.8 Å². The number of sulfonamides is 1. The molecule has 8 heteroatoms. The van der Waals surface area contributed by atoms with E-state index < -0.39 is 15.6 Å². The SMILES string of the molecule is COCCOc1ccc(S(=O)(=O)NCC(C)(C)N)cc1.Cl. The van der Waals surface area contributed by atoms with Crippen LogP contribution in [-0.4, -0.2) is 40.8 Å². The fourth-order valence-corrected chi connectivity index (χ4v) is 2.55. The molecule has 0 bridgehead atoms. The lowest BCUT2D eigenvalue weighted by atomic mass is 10.1. The monoisotopic (exact) mass is 338 g/mol. The summed E-state index contributed by atoms with van der Waals surface area (Å²) in [6.07, 6.45) is 0. The number of methoxy groups -OCH3 is 1. The molecule has 0 aliphatic heterocycles. The Labute approximate surface area is 132 Å². The number of halogens is 1. The first-order valence-electron chi connectivity index (χ1n) is 6.25. The van der Waals surface area contributed by atoms with Gasteiger partial charge in [0.1, 0.15) is 12.4 Å². The third kappa shape index (κ3) is 7.63. The maximum atomic E-state index is 12.0. The molecule has 21 heavy (non-hydrogen) atoms. The Morgan fingerprint density at radius 1 is 1.19 bits per heavy atom. The summed E-state index contributed by atoms with van der Waals surface area (Å²) in [6, 6.07) is 6.21. The van der Waals surface area contributed by atoms with Crippen LogP contribution in [0.15, 0.2) is 29.2 Å². The number of nitrogens with one attached hydrogen (secondary N) is 1. The van der Waals surface area contributed by atoms with Crippen molar-refractivity contribution < 1.29 is 17.9 Å². The van der Waals surface area contributed by atoms with Gasteiger partial charge in [-0.25, -0.2) is 13.1 Å². The molecule has 0 spiro atoms. The largest absolute Gasteiger partial charge is 0.491 e. The smallest absolute Gasteiger partial charge is 0.240 e. The van der Waals surface area contributed by atoms with Crippen molar-refractivity contribution in [1.82, 2.24) is 4.72 Å². The number of rotatable bonds is 8. The van der Waals surface area contributed by atoms with Gasteiger partial charge in [-0.2, -0.15) is 0 Å². The first-order valence-corrected chi connectivity index (χ1v) is 7.73. The second kappa shape index (κ2) is 8.55. The molecule has 1 aromatic rings. The lowest BCUT2D eigenvalue weighted by Crippen LogP contribution is -2.45. The van der Waals surface area contributed by atoms with E-state index >= 15 is 0 Å². The molecule has 1 aromatic carbocycles. The Morgan fingerprint density at radius 2 is 1.76 bits per heavy atom. The van der Waals surface area contributed by atoms with Gasteiger partial charge >= 0.3 is 0 Å². The fraction of sp³-hybridized carbons (Fsp3) is 0.538. The van der Waals surface area contributed by atoms with Crippen LogP contribution in [0, 0.1) is 0 Å². The summed E-state index contributed by atoms with van der Waals surface area (Å²) in [7, 11) is -1.96. The molecule has 6 nitrogen and oxygen atoms in total. The van der Waals surface area contributed by atoms with Crippen molar-refractivity contribution in [3.05, 3.63) is 24.3 Å². The van der Waals surface area contributed by atoms with Crippen LogP contribution in [0.4, 0.5) is 0 Å². The fourth-order valence-electron chi connectivity index (χ4n) is 1.32. The summed E-state index contributed by atoms with van der Waals surface area (Å²) in [5.41, 5.74) is 5.15. The number of nitrogens with two attached hydrogens (primary N) is 1. The van der Waals surface area contributed by atoms with Crippen LogP contribution in [0.3, 0.4) is 0 Å². The predicted octanol–water partition coefficient (Wildman–Crippen LogP) is 1.15. The Balaban J connectivity index is 0.00000400. The molecule has 0 unspecified atom stereocenters. The van der Waals surface area contributed by atoms with Crippen LogP contribution >= 0.6 is 12.4 Å². The summed E-state index contributed by atoms with van der Waals surface area (Å²) < 4.78 is 36.8. The predicted molar refractivity (Wildman–Crippen MR) is 84.5 cm³/mol. The molecular formula is C13H23ClN2O4S. The standard InChI is InChI=1S/C13H22N2O4S.ClH/c1-13(2,14)10-15-20(16,17)12-6-4-11(5-7-12)19-9-8-18-3;/h4-7,15H,8-10,14H2,1-3H3;1H. The molecule has 0 fully saturated rings. The van der Waals surface area contributed by atoms with Gasteiger partial charge in [-0.15, -0.1) is 12.4 Å². The van der Waals surface area contributed by atoms with Crippen LogP contribution in [0.5, 0.6) is 5.75 Å². The normalized spacial score (nSPS) is 11.8. The topological polar surface area (TPSA) is 90.6 Å². The van der Waals surface area contributed by atoms with E-state index in [0.29, 0.717) is 19.0 Å². The minimum Gasteiger partial charge on any atom is -0.491 e. The third-order valence-electron chi connectivity index (χ3n) is 2.41. The summed E-state index contributed by atoms with van der Waals surface area (Å²) in [5, 5.41) is 0. The second-order valence-corrected chi connectivity index (χ2v) is 6.89. The summed E-state index contributed by atoms with van der Waals surface area (Å²) in [5.74, 6) is 0.597. The van der Waals surface area contributed by atoms with E-state index in [-0.39, 0.29) is 23.8 Å². The van der Waals surface area contributed by atoms with Crippen molar-refractivity contribution >= 4 is 22.4 Å². The minimum atomic E-state index is -3.55. The second-order valence-electron chi connectivity index (χ2n) is 5.13. The molecule has 0 saturated heterocycles. The molecular weight excluding hydrogens is 316 g/mol. The van der Waals surface area contributed by atoms with Gasteiger partial charge < -0.3 is 15.2 Å². The van der Waals surface area contributed by atoms with Gasteiger partial charge in [0.2, 0.25) is 10.0 Å².